The van der Waals surface area contributed by atoms with Crippen LogP contribution in [0.4, 0.5) is 10.1 Å². The summed E-state index contributed by atoms with van der Waals surface area (Å²) >= 11 is 5.65. The van der Waals surface area contributed by atoms with Crippen molar-refractivity contribution in [3.05, 3.63) is 52.8 Å². The van der Waals surface area contributed by atoms with E-state index in [-0.39, 0.29) is 28.7 Å². The molecule has 148 valence electrons. The van der Waals surface area contributed by atoms with E-state index in [0.717, 1.165) is 12.1 Å². The lowest BCUT2D eigenvalue weighted by molar-refractivity contribution is 0.445. The van der Waals surface area contributed by atoms with Gasteiger partial charge in [-0.2, -0.15) is 4.31 Å². The fraction of sp³-hybridized carbons (Fsp3) is 0.294. The SMILES string of the molecule is CCN(CC)S(=O)(=O)c1ccc(C)c(NS(=O)(=O)c2ccc(Cl)cc2F)c1. The standard InChI is InChI=1S/C17H20ClFN2O4S2/c1-4-21(5-2)27(24,25)14-8-6-12(3)16(11-14)20-26(22,23)17-9-7-13(18)10-15(17)19/h6-11,20H,4-5H2,1-3H3. The van der Waals surface area contributed by atoms with E-state index in [2.05, 4.69) is 4.72 Å². The van der Waals surface area contributed by atoms with E-state index in [1.165, 1.54) is 28.6 Å². The fourth-order valence-corrected chi connectivity index (χ4v) is 5.30. The molecule has 10 heteroatoms. The number of aryl methyl sites for hydroxylation is 1. The highest BCUT2D eigenvalue weighted by molar-refractivity contribution is 7.92. The number of nitrogens with one attached hydrogen (secondary N) is 1. The molecule has 6 nitrogen and oxygen atoms in total. The topological polar surface area (TPSA) is 83.6 Å². The van der Waals surface area contributed by atoms with Crippen LogP contribution in [-0.2, 0) is 20.0 Å². The Labute approximate surface area is 164 Å². The van der Waals surface area contributed by atoms with Gasteiger partial charge in [0.1, 0.15) is 10.7 Å². The molecule has 0 aromatic heterocycles. The maximum atomic E-state index is 14.0. The Morgan fingerprint density at radius 1 is 1.04 bits per heavy atom. The van der Waals surface area contributed by atoms with Gasteiger partial charge in [-0.3, -0.25) is 4.72 Å². The summed E-state index contributed by atoms with van der Waals surface area (Å²) in [6, 6.07) is 7.33. The third kappa shape index (κ3) is 4.60. The zero-order chi connectivity index (χ0) is 20.4. The van der Waals surface area contributed by atoms with Crippen molar-refractivity contribution in [2.75, 3.05) is 17.8 Å². The minimum absolute atomic E-state index is 0.0499. The van der Waals surface area contributed by atoms with Crippen molar-refractivity contribution < 1.29 is 21.2 Å². The molecule has 0 aliphatic carbocycles. The van der Waals surface area contributed by atoms with Crippen LogP contribution in [0.5, 0.6) is 0 Å². The number of halogens is 2. The summed E-state index contributed by atoms with van der Waals surface area (Å²) in [6.45, 7) is 5.60. The number of rotatable bonds is 7. The van der Waals surface area contributed by atoms with E-state index >= 15 is 0 Å². The first-order valence-corrected chi connectivity index (χ1v) is 11.4. The first-order chi connectivity index (χ1) is 12.5. The minimum atomic E-state index is -4.27. The van der Waals surface area contributed by atoms with E-state index in [4.69, 9.17) is 11.6 Å². The lowest BCUT2D eigenvalue weighted by atomic mass is 10.2. The molecular weight excluding hydrogens is 415 g/mol. The largest absolute Gasteiger partial charge is 0.279 e. The normalized spacial score (nSPS) is 12.4. The molecule has 0 heterocycles. The van der Waals surface area contributed by atoms with Crippen molar-refractivity contribution in [2.45, 2.75) is 30.6 Å². The second kappa shape index (κ2) is 8.14. The van der Waals surface area contributed by atoms with E-state index in [1.54, 1.807) is 20.8 Å². The number of anilines is 1. The van der Waals surface area contributed by atoms with Gasteiger partial charge in [-0.25, -0.2) is 21.2 Å². The lowest BCUT2D eigenvalue weighted by Crippen LogP contribution is -2.30. The predicted molar refractivity (Wildman–Crippen MR) is 104 cm³/mol. The number of hydrogen-bond acceptors (Lipinski definition) is 4. The van der Waals surface area contributed by atoms with Gasteiger partial charge in [-0.1, -0.05) is 31.5 Å². The Morgan fingerprint density at radius 2 is 1.67 bits per heavy atom. The molecule has 0 bridgehead atoms. The lowest BCUT2D eigenvalue weighted by Gasteiger charge is -2.19. The third-order valence-electron chi connectivity index (χ3n) is 3.98. The Balaban J connectivity index is 2.48. The van der Waals surface area contributed by atoms with E-state index in [0.29, 0.717) is 5.56 Å². The van der Waals surface area contributed by atoms with Crippen LogP contribution in [0.25, 0.3) is 0 Å². The quantitative estimate of drug-likeness (QED) is 0.721. The fourth-order valence-electron chi connectivity index (χ4n) is 2.48. The molecule has 0 fully saturated rings. The molecule has 0 spiro atoms. The maximum absolute atomic E-state index is 14.0. The van der Waals surface area contributed by atoms with Gasteiger partial charge in [0.2, 0.25) is 10.0 Å². The molecule has 1 N–H and O–H groups in total. The van der Waals surface area contributed by atoms with Crippen LogP contribution in [0, 0.1) is 12.7 Å². The van der Waals surface area contributed by atoms with Gasteiger partial charge in [-0.15, -0.1) is 0 Å². The highest BCUT2D eigenvalue weighted by Crippen LogP contribution is 2.27. The highest BCUT2D eigenvalue weighted by atomic mass is 35.5. The van der Waals surface area contributed by atoms with Crippen molar-refractivity contribution in [1.29, 1.82) is 0 Å². The van der Waals surface area contributed by atoms with Crippen LogP contribution in [0.2, 0.25) is 5.02 Å². The zero-order valence-corrected chi connectivity index (χ0v) is 17.4. The summed E-state index contributed by atoms with van der Waals surface area (Å²) in [4.78, 5) is -0.630. The number of sulfonamides is 2. The van der Waals surface area contributed by atoms with Crippen molar-refractivity contribution in [3.63, 3.8) is 0 Å². The van der Waals surface area contributed by atoms with Crippen LogP contribution in [0.1, 0.15) is 19.4 Å². The van der Waals surface area contributed by atoms with Crippen molar-refractivity contribution in [2.24, 2.45) is 0 Å². The first-order valence-electron chi connectivity index (χ1n) is 8.11. The van der Waals surface area contributed by atoms with Crippen molar-refractivity contribution in [3.8, 4) is 0 Å². The van der Waals surface area contributed by atoms with Gasteiger partial charge >= 0.3 is 0 Å². The Bertz CT molecular complexity index is 1050. The van der Waals surface area contributed by atoms with Gasteiger partial charge < -0.3 is 0 Å². The van der Waals surface area contributed by atoms with Crippen LogP contribution in [0.3, 0.4) is 0 Å². The summed E-state index contributed by atoms with van der Waals surface area (Å²) in [5, 5.41) is 0.0648. The molecule has 2 rings (SSSR count). The molecule has 0 amide bonds. The third-order valence-corrected chi connectivity index (χ3v) is 7.66. The predicted octanol–water partition coefficient (Wildman–Crippen LogP) is 3.62. The van der Waals surface area contributed by atoms with E-state index < -0.39 is 30.8 Å². The molecule has 0 saturated carbocycles. The van der Waals surface area contributed by atoms with Crippen LogP contribution < -0.4 is 4.72 Å². The summed E-state index contributed by atoms with van der Waals surface area (Å²) in [7, 11) is -8.04. The van der Waals surface area contributed by atoms with Gasteiger partial charge in [0.15, 0.2) is 0 Å². The average Bonchev–Trinajstić information content (AvgIpc) is 2.57. The molecule has 0 aliphatic rings. The number of nitrogens with zero attached hydrogens (tertiary/aromatic N) is 1. The van der Waals surface area contributed by atoms with Crippen LogP contribution in [-0.4, -0.2) is 34.2 Å². The van der Waals surface area contributed by atoms with Crippen molar-refractivity contribution >= 4 is 37.3 Å². The summed E-state index contributed by atoms with van der Waals surface area (Å²) < 4.78 is 67.9. The molecule has 2 aromatic rings. The van der Waals surface area contributed by atoms with Gasteiger partial charge in [0.25, 0.3) is 10.0 Å². The highest BCUT2D eigenvalue weighted by Gasteiger charge is 2.24. The molecule has 0 radical (unpaired) electrons. The second-order valence-electron chi connectivity index (χ2n) is 5.75. The Hall–Kier alpha value is -1.68. The monoisotopic (exact) mass is 434 g/mol. The minimum Gasteiger partial charge on any atom is -0.279 e. The van der Waals surface area contributed by atoms with Crippen LogP contribution in [0.15, 0.2) is 46.2 Å². The van der Waals surface area contributed by atoms with Crippen LogP contribution >= 0.6 is 11.6 Å². The summed E-state index contributed by atoms with van der Waals surface area (Å²) in [5.74, 6) is -1.00. The maximum Gasteiger partial charge on any atom is 0.264 e. The second-order valence-corrected chi connectivity index (χ2v) is 9.77. The zero-order valence-electron chi connectivity index (χ0n) is 15.0. The van der Waals surface area contributed by atoms with Gasteiger partial charge in [0, 0.05) is 18.1 Å². The smallest absolute Gasteiger partial charge is 0.264 e. The molecule has 0 aliphatic heterocycles. The Kier molecular flexibility index (Phi) is 6.51. The molecule has 2 aromatic carbocycles. The summed E-state index contributed by atoms with van der Waals surface area (Å²) in [5.41, 5.74) is 0.545. The molecule has 27 heavy (non-hydrogen) atoms. The van der Waals surface area contributed by atoms with Gasteiger partial charge in [-0.05, 0) is 42.8 Å². The number of benzene rings is 2. The number of hydrogen-bond donors (Lipinski definition) is 1. The van der Waals surface area contributed by atoms with E-state index in [1.807, 2.05) is 0 Å². The first kappa shape index (κ1) is 21.6. The molecular formula is C17H20ClFN2O4S2. The molecule has 0 saturated heterocycles. The van der Waals surface area contributed by atoms with Gasteiger partial charge in [0.05, 0.1) is 10.6 Å². The summed E-state index contributed by atoms with van der Waals surface area (Å²) in [6.07, 6.45) is 0. The Morgan fingerprint density at radius 3 is 2.22 bits per heavy atom. The molecule has 0 unspecified atom stereocenters. The molecule has 0 atom stereocenters. The average molecular weight is 435 g/mol. The van der Waals surface area contributed by atoms with Crippen molar-refractivity contribution in [1.82, 2.24) is 4.31 Å². The van der Waals surface area contributed by atoms with E-state index in [9.17, 15) is 21.2 Å².